The van der Waals surface area contributed by atoms with Crippen LogP contribution >= 0.6 is 0 Å². The van der Waals surface area contributed by atoms with E-state index in [-0.39, 0.29) is 11.8 Å². The standard InChI is InChI=1S/C20H20N4O2/c25-18-17-15(5-6-16(23-17)14-2-1-9-21-11-14)12-24(18)20(7-8-20)19(26)22-10-13-3-4-13/h1-2,5-6,9,11,13H,3-4,7-8,10,12H2,(H,22,26). The van der Waals surface area contributed by atoms with Crippen molar-refractivity contribution in [3.05, 3.63) is 47.9 Å². The molecule has 0 bridgehead atoms. The predicted molar refractivity (Wildman–Crippen MR) is 95.0 cm³/mol. The zero-order valence-corrected chi connectivity index (χ0v) is 14.4. The van der Waals surface area contributed by atoms with Gasteiger partial charge in [0.25, 0.3) is 5.91 Å². The molecule has 0 aromatic carbocycles. The Kier molecular flexibility index (Phi) is 3.35. The van der Waals surface area contributed by atoms with Crippen molar-refractivity contribution in [2.24, 2.45) is 5.92 Å². The van der Waals surface area contributed by atoms with Gasteiger partial charge in [-0.05, 0) is 49.8 Å². The van der Waals surface area contributed by atoms with Crippen molar-refractivity contribution in [1.82, 2.24) is 20.2 Å². The minimum Gasteiger partial charge on any atom is -0.354 e. The van der Waals surface area contributed by atoms with Crippen molar-refractivity contribution >= 4 is 11.8 Å². The molecule has 0 unspecified atom stereocenters. The van der Waals surface area contributed by atoms with Crippen molar-refractivity contribution < 1.29 is 9.59 Å². The molecule has 2 fully saturated rings. The molecular weight excluding hydrogens is 328 g/mol. The summed E-state index contributed by atoms with van der Waals surface area (Å²) in [6.45, 7) is 1.20. The van der Waals surface area contributed by atoms with Gasteiger partial charge in [0.15, 0.2) is 0 Å². The summed E-state index contributed by atoms with van der Waals surface area (Å²) in [5.41, 5.74) is 2.30. The van der Waals surface area contributed by atoms with Crippen molar-refractivity contribution in [2.45, 2.75) is 37.8 Å². The third-order valence-corrected chi connectivity index (χ3v) is 5.62. The Labute approximate surface area is 151 Å². The highest BCUT2D eigenvalue weighted by molar-refractivity contribution is 6.02. The van der Waals surface area contributed by atoms with Crippen LogP contribution in [0.3, 0.4) is 0 Å². The average molecular weight is 348 g/mol. The van der Waals surface area contributed by atoms with Crippen LogP contribution in [0.2, 0.25) is 0 Å². The van der Waals surface area contributed by atoms with Gasteiger partial charge in [0, 0.05) is 36.6 Å². The Morgan fingerprint density at radius 1 is 1.27 bits per heavy atom. The normalized spacial score (nSPS) is 20.0. The SMILES string of the molecule is O=C1c2nc(-c3cccnc3)ccc2CN1C1(C(=O)NCC2CC2)CC1. The molecule has 1 N–H and O–H groups in total. The number of nitrogens with one attached hydrogen (secondary N) is 1. The Balaban J connectivity index is 1.39. The van der Waals surface area contributed by atoms with Crippen molar-refractivity contribution in [3.8, 4) is 11.3 Å². The van der Waals surface area contributed by atoms with Gasteiger partial charge in [0.2, 0.25) is 5.91 Å². The molecule has 0 saturated heterocycles. The molecule has 132 valence electrons. The molecule has 2 aliphatic carbocycles. The summed E-state index contributed by atoms with van der Waals surface area (Å²) >= 11 is 0. The number of aromatic nitrogens is 2. The van der Waals surface area contributed by atoms with Crippen LogP contribution in [-0.4, -0.2) is 38.8 Å². The lowest BCUT2D eigenvalue weighted by Gasteiger charge is -2.26. The summed E-state index contributed by atoms with van der Waals surface area (Å²) in [5.74, 6) is 0.493. The van der Waals surface area contributed by atoms with Crippen molar-refractivity contribution in [3.63, 3.8) is 0 Å². The first-order valence-electron chi connectivity index (χ1n) is 9.18. The van der Waals surface area contributed by atoms with Gasteiger partial charge in [0.05, 0.1) is 5.69 Å². The second-order valence-electron chi connectivity index (χ2n) is 7.52. The molecule has 1 aliphatic heterocycles. The fraction of sp³-hybridized carbons (Fsp3) is 0.400. The molecule has 2 saturated carbocycles. The molecule has 5 rings (SSSR count). The maximum Gasteiger partial charge on any atom is 0.274 e. The fourth-order valence-electron chi connectivity index (χ4n) is 3.65. The zero-order valence-electron chi connectivity index (χ0n) is 14.4. The molecule has 0 spiro atoms. The van der Waals surface area contributed by atoms with Crippen LogP contribution in [0.25, 0.3) is 11.3 Å². The quantitative estimate of drug-likeness (QED) is 0.898. The predicted octanol–water partition coefficient (Wildman–Crippen LogP) is 2.16. The van der Waals surface area contributed by atoms with Gasteiger partial charge >= 0.3 is 0 Å². The van der Waals surface area contributed by atoms with E-state index in [0.29, 0.717) is 18.2 Å². The van der Waals surface area contributed by atoms with Gasteiger partial charge in [-0.2, -0.15) is 0 Å². The summed E-state index contributed by atoms with van der Waals surface area (Å²) in [4.78, 5) is 36.1. The van der Waals surface area contributed by atoms with E-state index in [2.05, 4.69) is 15.3 Å². The first-order chi connectivity index (χ1) is 12.7. The first kappa shape index (κ1) is 15.5. The van der Waals surface area contributed by atoms with E-state index in [1.54, 1.807) is 17.3 Å². The number of carbonyl (C=O) groups is 2. The van der Waals surface area contributed by atoms with Crippen molar-refractivity contribution in [2.75, 3.05) is 6.54 Å². The topological polar surface area (TPSA) is 75.2 Å². The number of nitrogens with zero attached hydrogens (tertiary/aromatic N) is 3. The molecule has 2 aromatic heterocycles. The fourth-order valence-corrected chi connectivity index (χ4v) is 3.65. The van der Waals surface area contributed by atoms with Gasteiger partial charge in [-0.1, -0.05) is 6.07 Å². The van der Waals surface area contributed by atoms with E-state index in [9.17, 15) is 9.59 Å². The largest absolute Gasteiger partial charge is 0.354 e. The summed E-state index contributed by atoms with van der Waals surface area (Å²) in [6, 6.07) is 7.63. The second-order valence-corrected chi connectivity index (χ2v) is 7.52. The van der Waals surface area contributed by atoms with E-state index in [4.69, 9.17) is 0 Å². The highest BCUT2D eigenvalue weighted by atomic mass is 16.2. The number of amides is 2. The van der Waals surface area contributed by atoms with Crippen molar-refractivity contribution in [1.29, 1.82) is 0 Å². The minimum atomic E-state index is -0.666. The molecule has 26 heavy (non-hydrogen) atoms. The number of hydrogen-bond donors (Lipinski definition) is 1. The van der Waals surface area contributed by atoms with Crippen LogP contribution in [0.1, 0.15) is 41.7 Å². The third kappa shape index (κ3) is 2.48. The van der Waals surface area contributed by atoms with Gasteiger partial charge in [-0.15, -0.1) is 0 Å². The monoisotopic (exact) mass is 348 g/mol. The number of rotatable bonds is 5. The number of pyridine rings is 2. The van der Waals surface area contributed by atoms with E-state index in [1.807, 2.05) is 24.3 Å². The summed E-state index contributed by atoms with van der Waals surface area (Å²) < 4.78 is 0. The molecule has 0 atom stereocenters. The lowest BCUT2D eigenvalue weighted by molar-refractivity contribution is -0.127. The van der Waals surface area contributed by atoms with Crippen LogP contribution in [0.15, 0.2) is 36.7 Å². The second kappa shape index (κ2) is 5.62. The summed E-state index contributed by atoms with van der Waals surface area (Å²) in [6.07, 6.45) is 7.31. The van der Waals surface area contributed by atoms with Gasteiger partial charge in [0.1, 0.15) is 11.2 Å². The van der Waals surface area contributed by atoms with Crippen LogP contribution in [0.5, 0.6) is 0 Å². The molecule has 6 heteroatoms. The first-order valence-corrected chi connectivity index (χ1v) is 9.18. The van der Waals surface area contributed by atoms with Crippen LogP contribution in [0, 0.1) is 5.92 Å². The Hall–Kier alpha value is -2.76. The maximum absolute atomic E-state index is 13.0. The van der Waals surface area contributed by atoms with Gasteiger partial charge in [-0.3, -0.25) is 14.6 Å². The van der Waals surface area contributed by atoms with Gasteiger partial charge in [-0.25, -0.2) is 4.98 Å². The van der Waals surface area contributed by atoms with Crippen LogP contribution in [0.4, 0.5) is 0 Å². The maximum atomic E-state index is 13.0. The van der Waals surface area contributed by atoms with E-state index in [1.165, 1.54) is 12.8 Å². The molecule has 3 aliphatic rings. The lowest BCUT2D eigenvalue weighted by atomic mass is 10.1. The molecule has 0 radical (unpaired) electrons. The molecule has 6 nitrogen and oxygen atoms in total. The summed E-state index contributed by atoms with van der Waals surface area (Å²) in [7, 11) is 0. The third-order valence-electron chi connectivity index (χ3n) is 5.62. The molecule has 2 aromatic rings. The highest BCUT2D eigenvalue weighted by Crippen LogP contribution is 2.46. The van der Waals surface area contributed by atoms with Crippen LogP contribution < -0.4 is 5.32 Å². The van der Waals surface area contributed by atoms with Gasteiger partial charge < -0.3 is 10.2 Å². The smallest absolute Gasteiger partial charge is 0.274 e. The van der Waals surface area contributed by atoms with E-state index >= 15 is 0 Å². The summed E-state index contributed by atoms with van der Waals surface area (Å²) in [5, 5.41) is 3.05. The average Bonchev–Trinajstić information content (AvgIpc) is 3.60. The molecule has 2 amide bonds. The van der Waals surface area contributed by atoms with Crippen LogP contribution in [-0.2, 0) is 11.3 Å². The number of carbonyl (C=O) groups excluding carboxylic acids is 2. The lowest BCUT2D eigenvalue weighted by Crippen LogP contribution is -2.49. The molecular formula is C20H20N4O2. The van der Waals surface area contributed by atoms with E-state index in [0.717, 1.165) is 36.2 Å². The zero-order chi connectivity index (χ0) is 17.7. The molecule has 3 heterocycles. The number of hydrogen-bond acceptors (Lipinski definition) is 4. The Morgan fingerprint density at radius 2 is 2.12 bits per heavy atom. The Bertz CT molecular complexity index is 888. The minimum absolute atomic E-state index is 0.00182. The number of fused-ring (bicyclic) bond motifs is 1. The van der Waals surface area contributed by atoms with E-state index < -0.39 is 5.54 Å². The Morgan fingerprint density at radius 3 is 2.81 bits per heavy atom. The highest BCUT2D eigenvalue weighted by Gasteiger charge is 2.58.